The monoisotopic (exact) mass is 550 g/mol. The van der Waals surface area contributed by atoms with Crippen LogP contribution in [0.15, 0.2) is 108 Å². The van der Waals surface area contributed by atoms with Crippen molar-refractivity contribution < 1.29 is 14.0 Å². The third kappa shape index (κ3) is 4.98. The molecular weight excluding hydrogens is 516 g/mol. The highest BCUT2D eigenvalue weighted by Crippen LogP contribution is 2.36. The fourth-order valence-corrected chi connectivity index (χ4v) is 10.2. The van der Waals surface area contributed by atoms with Crippen molar-refractivity contribution in [3.05, 3.63) is 130 Å². The van der Waals surface area contributed by atoms with Crippen LogP contribution in [-0.2, 0) is 17.4 Å². The van der Waals surface area contributed by atoms with Crippen LogP contribution >= 0.6 is 0 Å². The van der Waals surface area contributed by atoms with E-state index in [1.54, 1.807) is 41.1 Å². The van der Waals surface area contributed by atoms with Gasteiger partial charge in [-0.1, -0.05) is 99.6 Å². The van der Waals surface area contributed by atoms with Crippen molar-refractivity contribution in [2.24, 2.45) is 0 Å². The molecule has 3 aromatic carbocycles. The number of benzene rings is 3. The Hall–Kier alpha value is -4.07. The minimum atomic E-state index is -2.71. The maximum Gasteiger partial charge on any atom is 0.261 e. The molecular formula is C33H34N2O4Si. The highest BCUT2D eigenvalue weighted by atomic mass is 28.4. The lowest BCUT2D eigenvalue weighted by atomic mass is 10.1. The van der Waals surface area contributed by atoms with E-state index in [1.165, 1.54) is 15.3 Å². The summed E-state index contributed by atoms with van der Waals surface area (Å²) in [6.07, 6.45) is 2.06. The first kappa shape index (κ1) is 27.5. The van der Waals surface area contributed by atoms with Crippen molar-refractivity contribution in [2.75, 3.05) is 13.2 Å². The quantitative estimate of drug-likeness (QED) is 0.231. The highest BCUT2D eigenvalue weighted by Gasteiger charge is 2.50. The van der Waals surface area contributed by atoms with E-state index in [4.69, 9.17) is 4.43 Å². The van der Waals surface area contributed by atoms with E-state index < -0.39 is 8.32 Å². The first-order valence-corrected chi connectivity index (χ1v) is 15.5. The number of carbonyl (C=O) groups is 2. The lowest BCUT2D eigenvalue weighted by Crippen LogP contribution is -2.66. The van der Waals surface area contributed by atoms with Crippen molar-refractivity contribution in [3.63, 3.8) is 0 Å². The van der Waals surface area contributed by atoms with Gasteiger partial charge in [0, 0.05) is 24.8 Å². The van der Waals surface area contributed by atoms with Crippen LogP contribution in [0.4, 0.5) is 0 Å². The van der Waals surface area contributed by atoms with Gasteiger partial charge in [0.25, 0.3) is 25.7 Å². The Bertz CT molecular complexity index is 1500. The largest absolute Gasteiger partial charge is 0.406 e. The topological polar surface area (TPSA) is 68.6 Å². The van der Waals surface area contributed by atoms with E-state index in [0.29, 0.717) is 36.3 Å². The van der Waals surface area contributed by atoms with Gasteiger partial charge in [-0.2, -0.15) is 0 Å². The number of fused-ring (bicyclic) bond motifs is 1. The second kappa shape index (κ2) is 11.2. The molecule has 0 saturated carbocycles. The fraction of sp³-hybridized carbons (Fsp3) is 0.242. The molecule has 40 heavy (non-hydrogen) atoms. The molecule has 1 aliphatic rings. The lowest BCUT2D eigenvalue weighted by Gasteiger charge is -2.43. The number of hydrogen-bond acceptors (Lipinski definition) is 4. The van der Waals surface area contributed by atoms with Gasteiger partial charge in [-0.25, -0.2) is 0 Å². The molecule has 2 heterocycles. The second-order valence-corrected chi connectivity index (χ2v) is 15.4. The third-order valence-corrected chi connectivity index (χ3v) is 12.7. The first-order chi connectivity index (χ1) is 19.2. The van der Waals surface area contributed by atoms with E-state index in [2.05, 4.69) is 69.3 Å². The van der Waals surface area contributed by atoms with Crippen LogP contribution in [-0.4, -0.2) is 42.8 Å². The van der Waals surface area contributed by atoms with Crippen LogP contribution in [0.25, 0.3) is 0 Å². The first-order valence-electron chi connectivity index (χ1n) is 13.6. The molecule has 0 aliphatic carbocycles. The molecule has 6 nitrogen and oxygen atoms in total. The van der Waals surface area contributed by atoms with E-state index >= 15 is 0 Å². The zero-order chi connectivity index (χ0) is 28.3. The summed E-state index contributed by atoms with van der Waals surface area (Å²) in [4.78, 5) is 40.1. The maximum atomic E-state index is 13.4. The number of hydrogen-bond donors (Lipinski definition) is 0. The van der Waals surface area contributed by atoms with E-state index in [-0.39, 0.29) is 29.0 Å². The second-order valence-electron chi connectivity index (χ2n) is 11.1. The summed E-state index contributed by atoms with van der Waals surface area (Å²) in [5.41, 5.74) is 1.26. The van der Waals surface area contributed by atoms with Gasteiger partial charge in [0.15, 0.2) is 0 Å². The molecule has 0 fully saturated rings. The van der Waals surface area contributed by atoms with Crippen molar-refractivity contribution in [3.8, 4) is 0 Å². The van der Waals surface area contributed by atoms with E-state index in [0.717, 1.165) is 0 Å². The standard InChI is InChI=1S/C33H34N2O4Si/c1-33(2,3)40(26-14-6-4-7-15-26,27-16-8-5-9-17-27)39-24-23-34-21-12-13-25(30(34)36)20-22-35-31(37)28-18-10-11-19-29(28)32(35)38/h4-19,21H,20,22-24H2,1-3H3. The van der Waals surface area contributed by atoms with Crippen LogP contribution in [0.5, 0.6) is 0 Å². The molecule has 0 atom stereocenters. The molecule has 1 aliphatic heterocycles. The van der Waals surface area contributed by atoms with Crippen LogP contribution in [0.3, 0.4) is 0 Å². The summed E-state index contributed by atoms with van der Waals surface area (Å²) in [6.45, 7) is 7.60. The molecule has 0 unspecified atom stereocenters. The molecule has 0 N–H and O–H groups in total. The zero-order valence-electron chi connectivity index (χ0n) is 23.2. The fourth-order valence-electron chi connectivity index (χ4n) is 5.69. The Kier molecular flexibility index (Phi) is 7.69. The van der Waals surface area contributed by atoms with Gasteiger partial charge < -0.3 is 8.99 Å². The van der Waals surface area contributed by atoms with Crippen molar-refractivity contribution in [1.82, 2.24) is 9.47 Å². The summed E-state index contributed by atoms with van der Waals surface area (Å²) >= 11 is 0. The van der Waals surface area contributed by atoms with Gasteiger partial charge in [0.05, 0.1) is 17.7 Å². The molecule has 204 valence electrons. The molecule has 7 heteroatoms. The number of aromatic nitrogens is 1. The molecule has 5 rings (SSSR count). The van der Waals surface area contributed by atoms with Crippen LogP contribution < -0.4 is 15.9 Å². The Labute approximate surface area is 236 Å². The van der Waals surface area contributed by atoms with E-state index in [9.17, 15) is 14.4 Å². The molecule has 0 spiro atoms. The highest BCUT2D eigenvalue weighted by molar-refractivity contribution is 6.99. The SMILES string of the molecule is CC(C)(C)[Si](OCCn1cccc(CCN2C(=O)c3ccccc3C2=O)c1=O)(c1ccccc1)c1ccccc1. The molecule has 0 saturated heterocycles. The van der Waals surface area contributed by atoms with Crippen molar-refractivity contribution in [1.29, 1.82) is 0 Å². The number of carbonyl (C=O) groups excluding carboxylic acids is 2. The van der Waals surface area contributed by atoms with Gasteiger partial charge in [0.1, 0.15) is 0 Å². The summed E-state index contributed by atoms with van der Waals surface area (Å²) in [6, 6.07) is 31.3. The summed E-state index contributed by atoms with van der Waals surface area (Å²) in [5.74, 6) is -0.619. The van der Waals surface area contributed by atoms with Gasteiger partial charge in [-0.3, -0.25) is 19.3 Å². The van der Waals surface area contributed by atoms with Crippen molar-refractivity contribution >= 4 is 30.5 Å². The predicted molar refractivity (Wildman–Crippen MR) is 160 cm³/mol. The number of nitrogens with zero attached hydrogens (tertiary/aromatic N) is 2. The molecule has 0 bridgehead atoms. The Morgan fingerprint density at radius 3 is 1.73 bits per heavy atom. The molecule has 2 amide bonds. The summed E-state index contributed by atoms with van der Waals surface area (Å²) in [5, 5.41) is 2.22. The smallest absolute Gasteiger partial charge is 0.261 e. The Morgan fingerprint density at radius 2 is 1.20 bits per heavy atom. The van der Waals surface area contributed by atoms with Gasteiger partial charge in [-0.05, 0) is 40.0 Å². The normalized spacial score (nSPS) is 13.5. The van der Waals surface area contributed by atoms with Crippen LogP contribution in [0.2, 0.25) is 5.04 Å². The average Bonchev–Trinajstić information content (AvgIpc) is 3.20. The number of rotatable bonds is 9. The van der Waals surface area contributed by atoms with Crippen LogP contribution in [0, 0.1) is 0 Å². The lowest BCUT2D eigenvalue weighted by molar-refractivity contribution is 0.0656. The zero-order valence-corrected chi connectivity index (χ0v) is 24.2. The molecule has 4 aromatic rings. The maximum absolute atomic E-state index is 13.4. The predicted octanol–water partition coefficient (Wildman–Crippen LogP) is 4.26. The molecule has 0 radical (unpaired) electrons. The number of imide groups is 1. The average molecular weight is 551 g/mol. The Morgan fingerprint density at radius 1 is 0.675 bits per heavy atom. The third-order valence-electron chi connectivity index (χ3n) is 7.65. The number of pyridine rings is 1. The minimum absolute atomic E-state index is 0.134. The van der Waals surface area contributed by atoms with Crippen LogP contribution in [0.1, 0.15) is 47.1 Å². The van der Waals surface area contributed by atoms with Crippen molar-refractivity contribution in [2.45, 2.75) is 38.8 Å². The molecule has 1 aromatic heterocycles. The summed E-state index contributed by atoms with van der Waals surface area (Å²) < 4.78 is 8.61. The number of amides is 2. The summed E-state index contributed by atoms with van der Waals surface area (Å²) in [7, 11) is -2.71. The Balaban J connectivity index is 1.34. The van der Waals surface area contributed by atoms with Gasteiger partial charge in [0.2, 0.25) is 0 Å². The van der Waals surface area contributed by atoms with Gasteiger partial charge in [-0.15, -0.1) is 0 Å². The van der Waals surface area contributed by atoms with Gasteiger partial charge >= 0.3 is 0 Å². The van der Waals surface area contributed by atoms with E-state index in [1.807, 2.05) is 18.2 Å². The minimum Gasteiger partial charge on any atom is -0.406 e.